The highest BCUT2D eigenvalue weighted by atomic mass is 35.5. The van der Waals surface area contributed by atoms with Crippen molar-refractivity contribution >= 4 is 40.6 Å². The molecule has 0 spiro atoms. The summed E-state index contributed by atoms with van der Waals surface area (Å²) in [5.74, 6) is 1.21. The Kier molecular flexibility index (Phi) is 7.14. The van der Waals surface area contributed by atoms with Gasteiger partial charge in [0.1, 0.15) is 24.7 Å². The quantitative estimate of drug-likeness (QED) is 0.300. The minimum atomic E-state index is -0.298. The SMILES string of the molecule is O=C1S/C(=C/c2ccc(OCCOc3ccccc3)cc2)C(=O)N1Cc1ccc(Cl)cc1. The summed E-state index contributed by atoms with van der Waals surface area (Å²) in [7, 11) is 0. The third kappa shape index (κ3) is 5.72. The summed E-state index contributed by atoms with van der Waals surface area (Å²) >= 11 is 6.84. The van der Waals surface area contributed by atoms with Gasteiger partial charge in [0, 0.05) is 5.02 Å². The molecule has 162 valence electrons. The van der Waals surface area contributed by atoms with E-state index in [2.05, 4.69) is 0 Å². The van der Waals surface area contributed by atoms with Crippen molar-refractivity contribution in [3.05, 3.63) is 99.9 Å². The minimum absolute atomic E-state index is 0.219. The van der Waals surface area contributed by atoms with Gasteiger partial charge in [0.05, 0.1) is 11.4 Å². The van der Waals surface area contributed by atoms with Crippen molar-refractivity contribution in [2.75, 3.05) is 13.2 Å². The summed E-state index contributed by atoms with van der Waals surface area (Å²) in [4.78, 5) is 26.7. The Bertz CT molecular complexity index is 1110. The van der Waals surface area contributed by atoms with Gasteiger partial charge in [-0.3, -0.25) is 14.5 Å². The maximum absolute atomic E-state index is 12.7. The standard InChI is InChI=1S/C25H20ClNO4S/c26-20-10-6-19(7-11-20)17-27-24(28)23(32-25(27)29)16-18-8-12-22(13-9-18)31-15-14-30-21-4-2-1-3-5-21/h1-13,16H,14-15,17H2/b23-16+. The molecule has 0 N–H and O–H groups in total. The number of benzene rings is 3. The molecule has 7 heteroatoms. The molecule has 0 aromatic heterocycles. The summed E-state index contributed by atoms with van der Waals surface area (Å²) in [6.45, 7) is 1.07. The molecule has 1 saturated heterocycles. The molecule has 3 aromatic carbocycles. The molecule has 3 aromatic rings. The Morgan fingerprint density at radius 2 is 1.44 bits per heavy atom. The van der Waals surface area contributed by atoms with Crippen molar-refractivity contribution in [3.63, 3.8) is 0 Å². The van der Waals surface area contributed by atoms with Crippen LogP contribution < -0.4 is 9.47 Å². The van der Waals surface area contributed by atoms with Crippen molar-refractivity contribution in [2.45, 2.75) is 6.54 Å². The molecule has 0 atom stereocenters. The van der Waals surface area contributed by atoms with Gasteiger partial charge in [-0.05, 0) is 65.4 Å². The summed E-state index contributed by atoms with van der Waals surface area (Å²) < 4.78 is 11.3. The first-order valence-electron chi connectivity index (χ1n) is 9.99. The van der Waals surface area contributed by atoms with E-state index >= 15 is 0 Å². The molecule has 0 aliphatic carbocycles. The lowest BCUT2D eigenvalue weighted by Crippen LogP contribution is -2.27. The summed E-state index contributed by atoms with van der Waals surface area (Å²) in [5.41, 5.74) is 1.66. The van der Waals surface area contributed by atoms with Crippen LogP contribution in [-0.2, 0) is 11.3 Å². The fourth-order valence-electron chi connectivity index (χ4n) is 3.06. The predicted molar refractivity (Wildman–Crippen MR) is 127 cm³/mol. The van der Waals surface area contributed by atoms with Gasteiger partial charge in [-0.25, -0.2) is 0 Å². The van der Waals surface area contributed by atoms with E-state index in [4.69, 9.17) is 21.1 Å². The van der Waals surface area contributed by atoms with Crippen molar-refractivity contribution in [1.82, 2.24) is 4.90 Å². The van der Waals surface area contributed by atoms with Crippen LogP contribution in [0.15, 0.2) is 83.8 Å². The van der Waals surface area contributed by atoms with Gasteiger partial charge >= 0.3 is 0 Å². The van der Waals surface area contributed by atoms with Crippen molar-refractivity contribution in [2.24, 2.45) is 0 Å². The molecule has 2 amide bonds. The molecule has 0 unspecified atom stereocenters. The number of carbonyl (C=O) groups excluding carboxylic acids is 2. The summed E-state index contributed by atoms with van der Waals surface area (Å²) in [6, 6.07) is 24.0. The molecule has 1 fully saturated rings. The van der Waals surface area contributed by atoms with Crippen LogP contribution in [0, 0.1) is 0 Å². The second kappa shape index (κ2) is 10.4. The van der Waals surface area contributed by atoms with E-state index < -0.39 is 0 Å². The minimum Gasteiger partial charge on any atom is -0.490 e. The van der Waals surface area contributed by atoms with Crippen molar-refractivity contribution < 1.29 is 19.1 Å². The van der Waals surface area contributed by atoms with E-state index in [0.29, 0.717) is 28.9 Å². The van der Waals surface area contributed by atoms with Crippen LogP contribution in [0.25, 0.3) is 6.08 Å². The lowest BCUT2D eigenvalue weighted by atomic mass is 10.2. The molecule has 0 bridgehead atoms. The number of rotatable bonds is 8. The lowest BCUT2D eigenvalue weighted by Gasteiger charge is -2.12. The molecular formula is C25H20ClNO4S. The van der Waals surface area contributed by atoms with E-state index in [1.807, 2.05) is 54.6 Å². The lowest BCUT2D eigenvalue weighted by molar-refractivity contribution is -0.123. The van der Waals surface area contributed by atoms with Gasteiger partial charge in [-0.15, -0.1) is 0 Å². The normalized spacial score (nSPS) is 14.8. The first-order valence-corrected chi connectivity index (χ1v) is 11.2. The van der Waals surface area contributed by atoms with Crippen molar-refractivity contribution in [3.8, 4) is 11.5 Å². The highest BCUT2D eigenvalue weighted by Crippen LogP contribution is 2.33. The number of para-hydroxylation sites is 1. The van der Waals surface area contributed by atoms with E-state index in [0.717, 1.165) is 28.6 Å². The number of carbonyl (C=O) groups is 2. The maximum atomic E-state index is 12.7. The Morgan fingerprint density at radius 3 is 2.09 bits per heavy atom. The number of amides is 2. The van der Waals surface area contributed by atoms with Gasteiger partial charge in [-0.1, -0.05) is 54.1 Å². The zero-order valence-electron chi connectivity index (χ0n) is 17.1. The fraction of sp³-hybridized carbons (Fsp3) is 0.120. The molecular weight excluding hydrogens is 446 g/mol. The van der Waals surface area contributed by atoms with Crippen LogP contribution in [0.1, 0.15) is 11.1 Å². The fourth-order valence-corrected chi connectivity index (χ4v) is 4.02. The van der Waals surface area contributed by atoms with Crippen LogP contribution in [-0.4, -0.2) is 29.3 Å². The maximum Gasteiger partial charge on any atom is 0.293 e. The third-order valence-corrected chi connectivity index (χ3v) is 5.83. The zero-order valence-corrected chi connectivity index (χ0v) is 18.6. The Balaban J connectivity index is 1.31. The Morgan fingerprint density at radius 1 is 0.812 bits per heavy atom. The number of halogens is 1. The van der Waals surface area contributed by atoms with E-state index in [1.165, 1.54) is 4.90 Å². The number of hydrogen-bond acceptors (Lipinski definition) is 5. The number of imide groups is 1. The molecule has 0 saturated carbocycles. The second-order valence-electron chi connectivity index (χ2n) is 6.97. The van der Waals surface area contributed by atoms with Crippen LogP contribution in [0.5, 0.6) is 11.5 Å². The van der Waals surface area contributed by atoms with Crippen LogP contribution in [0.3, 0.4) is 0 Å². The van der Waals surface area contributed by atoms with Crippen molar-refractivity contribution in [1.29, 1.82) is 0 Å². The van der Waals surface area contributed by atoms with Crippen LogP contribution in [0.2, 0.25) is 5.02 Å². The van der Waals surface area contributed by atoms with Crippen LogP contribution >= 0.6 is 23.4 Å². The highest BCUT2D eigenvalue weighted by molar-refractivity contribution is 8.18. The average molecular weight is 466 g/mol. The predicted octanol–water partition coefficient (Wildman–Crippen LogP) is 6.03. The monoisotopic (exact) mass is 465 g/mol. The third-order valence-electron chi connectivity index (χ3n) is 4.67. The van der Waals surface area contributed by atoms with Gasteiger partial charge < -0.3 is 9.47 Å². The highest BCUT2D eigenvalue weighted by Gasteiger charge is 2.34. The van der Waals surface area contributed by atoms with Gasteiger partial charge in [0.2, 0.25) is 0 Å². The first kappa shape index (κ1) is 22.0. The van der Waals surface area contributed by atoms with E-state index in [-0.39, 0.29) is 17.7 Å². The van der Waals surface area contributed by atoms with Gasteiger partial charge in [0.15, 0.2) is 0 Å². The van der Waals surface area contributed by atoms with E-state index in [9.17, 15) is 9.59 Å². The Hall–Kier alpha value is -3.22. The molecule has 1 heterocycles. The summed E-state index contributed by atoms with van der Waals surface area (Å²) in [6.07, 6.45) is 1.72. The number of nitrogens with zero attached hydrogens (tertiary/aromatic N) is 1. The summed E-state index contributed by atoms with van der Waals surface area (Å²) in [5, 5.41) is 0.327. The van der Waals surface area contributed by atoms with Gasteiger partial charge in [0.25, 0.3) is 11.1 Å². The molecule has 0 radical (unpaired) electrons. The molecule has 5 nitrogen and oxygen atoms in total. The van der Waals surface area contributed by atoms with E-state index in [1.54, 1.807) is 30.3 Å². The number of hydrogen-bond donors (Lipinski definition) is 0. The van der Waals surface area contributed by atoms with Gasteiger partial charge in [-0.2, -0.15) is 0 Å². The zero-order chi connectivity index (χ0) is 22.3. The molecule has 1 aliphatic rings. The number of thioether (sulfide) groups is 1. The first-order chi connectivity index (χ1) is 15.6. The molecule has 32 heavy (non-hydrogen) atoms. The average Bonchev–Trinajstić information content (AvgIpc) is 3.07. The smallest absolute Gasteiger partial charge is 0.293 e. The number of ether oxygens (including phenoxy) is 2. The second-order valence-corrected chi connectivity index (χ2v) is 8.40. The molecule has 1 aliphatic heterocycles. The topological polar surface area (TPSA) is 55.8 Å². The largest absolute Gasteiger partial charge is 0.490 e. The molecule has 4 rings (SSSR count). The Labute approximate surface area is 195 Å². The van der Waals surface area contributed by atoms with Crippen LogP contribution in [0.4, 0.5) is 4.79 Å².